The topological polar surface area (TPSA) is 52.9 Å². The number of aliphatic hydroxyl groups excluding tert-OH is 2. The summed E-state index contributed by atoms with van der Waals surface area (Å²) in [6.45, 7) is 13.7. The Hall–Kier alpha value is -1.46. The number of aliphatic hydroxyl groups is 2. The maximum absolute atomic E-state index is 10.6. The van der Waals surface area contributed by atoms with Gasteiger partial charge in [0.15, 0.2) is 0 Å². The smallest absolute Gasteiger partial charge is 0.0761 e. The van der Waals surface area contributed by atoms with Crippen LogP contribution in [-0.2, 0) is 11.2 Å². The summed E-state index contributed by atoms with van der Waals surface area (Å²) >= 11 is 0. The van der Waals surface area contributed by atoms with Crippen LogP contribution in [0.1, 0.15) is 58.1 Å². The zero-order chi connectivity index (χ0) is 24.0. The van der Waals surface area contributed by atoms with Crippen molar-refractivity contribution in [2.45, 2.75) is 84.6 Å². The summed E-state index contributed by atoms with van der Waals surface area (Å²) in [6, 6.07) is 9.41. The highest BCUT2D eigenvalue weighted by Crippen LogP contribution is 2.47. The third-order valence-corrected chi connectivity index (χ3v) is 7.35. The van der Waals surface area contributed by atoms with Crippen LogP contribution in [0, 0.1) is 24.7 Å². The maximum atomic E-state index is 10.6. The SMILES string of the molecule is Cc1cccc(C[C@H](O)/C=C/[C@@H]2[C@H]3CC(COCCCN(C(C)C)C(C)C)=C[C@H]3C[C@H]2O)c1. The van der Waals surface area contributed by atoms with Gasteiger partial charge in [-0.15, -0.1) is 0 Å². The fraction of sp³-hybridized carbons (Fsp3) is 0.655. The molecule has 1 saturated carbocycles. The molecule has 0 radical (unpaired) electrons. The van der Waals surface area contributed by atoms with Crippen molar-refractivity contribution in [1.82, 2.24) is 4.90 Å². The molecule has 0 aliphatic heterocycles. The van der Waals surface area contributed by atoms with Crippen molar-refractivity contribution in [3.05, 3.63) is 59.2 Å². The van der Waals surface area contributed by atoms with Crippen molar-refractivity contribution in [3.63, 3.8) is 0 Å². The van der Waals surface area contributed by atoms with Crippen LogP contribution in [0.4, 0.5) is 0 Å². The molecule has 0 aromatic heterocycles. The summed E-state index contributed by atoms with van der Waals surface area (Å²) < 4.78 is 6.01. The molecule has 1 aromatic rings. The second-order valence-electron chi connectivity index (χ2n) is 10.7. The van der Waals surface area contributed by atoms with Gasteiger partial charge in [-0.05, 0) is 76.9 Å². The van der Waals surface area contributed by atoms with Crippen LogP contribution < -0.4 is 0 Å². The van der Waals surface area contributed by atoms with E-state index in [-0.39, 0.29) is 12.0 Å². The molecule has 0 unspecified atom stereocenters. The summed E-state index contributed by atoms with van der Waals surface area (Å²) in [5.74, 6) is 0.972. The van der Waals surface area contributed by atoms with Gasteiger partial charge in [-0.3, -0.25) is 4.90 Å². The minimum atomic E-state index is -0.522. The largest absolute Gasteiger partial charge is 0.392 e. The van der Waals surface area contributed by atoms with Crippen molar-refractivity contribution in [1.29, 1.82) is 0 Å². The minimum Gasteiger partial charge on any atom is -0.392 e. The van der Waals surface area contributed by atoms with Crippen molar-refractivity contribution in [2.75, 3.05) is 19.8 Å². The van der Waals surface area contributed by atoms with E-state index in [1.807, 2.05) is 12.1 Å². The number of nitrogens with zero attached hydrogens (tertiary/aromatic N) is 1. The number of aryl methyl sites for hydroxylation is 1. The quantitative estimate of drug-likeness (QED) is 0.347. The van der Waals surface area contributed by atoms with Crippen molar-refractivity contribution >= 4 is 0 Å². The van der Waals surface area contributed by atoms with Gasteiger partial charge in [-0.2, -0.15) is 0 Å². The van der Waals surface area contributed by atoms with Gasteiger partial charge in [-0.1, -0.05) is 48.1 Å². The Labute approximate surface area is 201 Å². The molecule has 0 heterocycles. The fourth-order valence-corrected chi connectivity index (χ4v) is 5.78. The van der Waals surface area contributed by atoms with E-state index >= 15 is 0 Å². The Morgan fingerprint density at radius 2 is 1.94 bits per heavy atom. The fourth-order valence-electron chi connectivity index (χ4n) is 5.78. The number of fused-ring (bicyclic) bond motifs is 1. The lowest BCUT2D eigenvalue weighted by Gasteiger charge is -2.30. The summed E-state index contributed by atoms with van der Waals surface area (Å²) in [6.07, 6.45) is 8.94. The zero-order valence-electron chi connectivity index (χ0n) is 21.3. The third kappa shape index (κ3) is 7.51. The van der Waals surface area contributed by atoms with E-state index in [2.05, 4.69) is 69.9 Å². The lowest BCUT2D eigenvalue weighted by molar-refractivity contribution is 0.115. The van der Waals surface area contributed by atoms with E-state index in [0.717, 1.165) is 38.0 Å². The molecule has 184 valence electrons. The summed E-state index contributed by atoms with van der Waals surface area (Å²) in [4.78, 5) is 2.51. The predicted octanol–water partition coefficient (Wildman–Crippen LogP) is 4.92. The molecule has 2 aliphatic carbocycles. The van der Waals surface area contributed by atoms with Crippen LogP contribution in [0.3, 0.4) is 0 Å². The van der Waals surface area contributed by atoms with Crippen molar-refractivity contribution in [3.8, 4) is 0 Å². The van der Waals surface area contributed by atoms with E-state index in [4.69, 9.17) is 4.74 Å². The maximum Gasteiger partial charge on any atom is 0.0761 e. The molecule has 0 spiro atoms. The summed E-state index contributed by atoms with van der Waals surface area (Å²) in [7, 11) is 0. The molecule has 5 atom stereocenters. The highest BCUT2D eigenvalue weighted by molar-refractivity contribution is 5.24. The van der Waals surface area contributed by atoms with Gasteiger partial charge in [0.05, 0.1) is 18.8 Å². The molecule has 3 rings (SSSR count). The second kappa shape index (κ2) is 12.3. The van der Waals surface area contributed by atoms with Crippen molar-refractivity contribution < 1.29 is 14.9 Å². The van der Waals surface area contributed by atoms with Crippen LogP contribution in [0.25, 0.3) is 0 Å². The molecule has 0 amide bonds. The first kappa shape index (κ1) is 26.2. The third-order valence-electron chi connectivity index (χ3n) is 7.35. The molecule has 1 fully saturated rings. The van der Waals surface area contributed by atoms with E-state index < -0.39 is 6.10 Å². The Bertz CT molecular complexity index is 792. The normalized spacial score (nSPS) is 26.1. The van der Waals surface area contributed by atoms with E-state index in [0.29, 0.717) is 36.9 Å². The number of rotatable bonds is 12. The molecule has 33 heavy (non-hydrogen) atoms. The lowest BCUT2D eigenvalue weighted by Crippen LogP contribution is -2.38. The average molecular weight is 456 g/mol. The Balaban J connectivity index is 1.43. The van der Waals surface area contributed by atoms with E-state index in [1.165, 1.54) is 11.1 Å². The average Bonchev–Trinajstić information content (AvgIpc) is 3.24. The second-order valence-corrected chi connectivity index (χ2v) is 10.7. The number of benzene rings is 1. The Morgan fingerprint density at radius 1 is 1.18 bits per heavy atom. The van der Waals surface area contributed by atoms with E-state index in [9.17, 15) is 10.2 Å². The van der Waals surface area contributed by atoms with Gasteiger partial charge in [0.1, 0.15) is 0 Å². The first-order valence-electron chi connectivity index (χ1n) is 12.9. The van der Waals surface area contributed by atoms with Gasteiger partial charge in [-0.25, -0.2) is 0 Å². The Kier molecular flexibility index (Phi) is 9.75. The number of hydrogen-bond acceptors (Lipinski definition) is 4. The monoisotopic (exact) mass is 455 g/mol. The highest BCUT2D eigenvalue weighted by Gasteiger charge is 2.43. The van der Waals surface area contributed by atoms with Crippen LogP contribution in [0.5, 0.6) is 0 Å². The van der Waals surface area contributed by atoms with Crippen LogP contribution in [0.2, 0.25) is 0 Å². The van der Waals surface area contributed by atoms with Crippen LogP contribution >= 0.6 is 0 Å². The van der Waals surface area contributed by atoms with Gasteiger partial charge in [0.2, 0.25) is 0 Å². The van der Waals surface area contributed by atoms with Gasteiger partial charge in [0, 0.05) is 37.6 Å². The Morgan fingerprint density at radius 3 is 2.64 bits per heavy atom. The summed E-state index contributed by atoms with van der Waals surface area (Å²) in [5.41, 5.74) is 3.73. The summed E-state index contributed by atoms with van der Waals surface area (Å²) in [5, 5.41) is 21.1. The first-order valence-corrected chi connectivity index (χ1v) is 12.9. The van der Waals surface area contributed by atoms with Gasteiger partial charge < -0.3 is 14.9 Å². The molecule has 4 heteroatoms. The standard InChI is InChI=1S/C29H45NO3/c1-20(2)30(21(3)4)12-7-13-33-19-24-15-25-18-29(32)27(28(25)17-24)11-10-26(31)16-23-9-6-8-22(5)14-23/h6,8-11,14-15,20-21,25-29,31-32H,7,12-13,16-19H2,1-5H3/b11-10+/t25-,26+,27+,28-,29+/m0/s1. The number of hydrogen-bond donors (Lipinski definition) is 2. The van der Waals surface area contributed by atoms with Crippen LogP contribution in [-0.4, -0.2) is 59.2 Å². The first-order chi connectivity index (χ1) is 15.7. The van der Waals surface area contributed by atoms with E-state index in [1.54, 1.807) is 0 Å². The van der Waals surface area contributed by atoms with Gasteiger partial charge >= 0.3 is 0 Å². The molecular formula is C29H45NO3. The highest BCUT2D eigenvalue weighted by atomic mass is 16.5. The molecule has 1 aromatic carbocycles. The van der Waals surface area contributed by atoms with Gasteiger partial charge in [0.25, 0.3) is 0 Å². The van der Waals surface area contributed by atoms with Crippen molar-refractivity contribution in [2.24, 2.45) is 17.8 Å². The molecule has 0 bridgehead atoms. The molecular weight excluding hydrogens is 410 g/mol. The predicted molar refractivity (Wildman–Crippen MR) is 136 cm³/mol. The molecule has 4 nitrogen and oxygen atoms in total. The molecule has 0 saturated heterocycles. The number of ether oxygens (including phenoxy) is 1. The van der Waals surface area contributed by atoms with Crippen LogP contribution in [0.15, 0.2) is 48.1 Å². The molecule has 2 N–H and O–H groups in total. The lowest BCUT2D eigenvalue weighted by atomic mass is 9.89. The minimum absolute atomic E-state index is 0.113. The molecule has 2 aliphatic rings. The zero-order valence-corrected chi connectivity index (χ0v) is 21.3. The number of allylic oxidation sites excluding steroid dienone is 1.